The van der Waals surface area contributed by atoms with Crippen molar-refractivity contribution in [1.29, 1.82) is 0 Å². The summed E-state index contributed by atoms with van der Waals surface area (Å²) in [6, 6.07) is 8.67. The Kier molecular flexibility index (Phi) is 10.2. The molecule has 0 spiro atoms. The minimum Gasteiger partial charge on any atom is -0.320 e. The van der Waals surface area contributed by atoms with Gasteiger partial charge < -0.3 is 4.98 Å². The number of halogens is 1. The molecule has 6 heteroatoms. The van der Waals surface area contributed by atoms with Crippen LogP contribution in [-0.2, 0) is 11.2 Å². The van der Waals surface area contributed by atoms with Crippen LogP contribution in [0.2, 0.25) is 5.02 Å². The number of hydrogen-bond donors (Lipinski definition) is 1. The normalized spacial score (nSPS) is 12.2. The summed E-state index contributed by atoms with van der Waals surface area (Å²) in [5.41, 5.74) is 3.92. The predicted octanol–water partition coefficient (Wildman–Crippen LogP) is 8.83. The lowest BCUT2D eigenvalue weighted by Gasteiger charge is -2.14. The maximum Gasteiger partial charge on any atom is 0.175 e. The monoisotopic (exact) mass is 488 g/mol. The zero-order chi connectivity index (χ0) is 23.7. The summed E-state index contributed by atoms with van der Waals surface area (Å²) in [6.45, 7) is 8.60. The first-order valence-electron chi connectivity index (χ1n) is 12.7. The SMILES string of the molecule is CCCCCCCCCCCCSCc1ccc(-c2nn3nc(C(C)(C)C)c(Cl)c3[nH]2)cc1. The van der Waals surface area contributed by atoms with Gasteiger partial charge in [-0.05, 0) is 17.7 Å². The Labute approximate surface area is 209 Å². The van der Waals surface area contributed by atoms with E-state index in [0.29, 0.717) is 5.02 Å². The van der Waals surface area contributed by atoms with Crippen molar-refractivity contribution in [2.24, 2.45) is 0 Å². The number of H-pyrrole nitrogens is 1. The van der Waals surface area contributed by atoms with E-state index in [1.54, 1.807) is 4.63 Å². The Morgan fingerprint density at radius 1 is 0.879 bits per heavy atom. The van der Waals surface area contributed by atoms with Crippen LogP contribution < -0.4 is 0 Å². The number of hydrogen-bond acceptors (Lipinski definition) is 3. The number of nitrogens with zero attached hydrogens (tertiary/aromatic N) is 3. The molecular weight excluding hydrogens is 448 g/mol. The van der Waals surface area contributed by atoms with E-state index in [0.717, 1.165) is 28.5 Å². The van der Waals surface area contributed by atoms with Crippen molar-refractivity contribution in [3.63, 3.8) is 0 Å². The zero-order valence-electron chi connectivity index (χ0n) is 20.9. The van der Waals surface area contributed by atoms with Crippen LogP contribution in [-0.4, -0.2) is 25.6 Å². The number of rotatable bonds is 14. The van der Waals surface area contributed by atoms with Gasteiger partial charge in [-0.2, -0.15) is 16.9 Å². The van der Waals surface area contributed by atoms with Crippen LogP contribution >= 0.6 is 23.4 Å². The quantitative estimate of drug-likeness (QED) is 0.230. The zero-order valence-corrected chi connectivity index (χ0v) is 22.5. The van der Waals surface area contributed by atoms with Gasteiger partial charge in [0.1, 0.15) is 5.02 Å². The number of aromatic amines is 1. The maximum atomic E-state index is 6.55. The summed E-state index contributed by atoms with van der Waals surface area (Å²) >= 11 is 8.59. The van der Waals surface area contributed by atoms with Crippen molar-refractivity contribution in [3.05, 3.63) is 40.5 Å². The van der Waals surface area contributed by atoms with E-state index in [1.165, 1.54) is 75.5 Å². The second kappa shape index (κ2) is 12.9. The van der Waals surface area contributed by atoms with E-state index < -0.39 is 0 Å². The first kappa shape index (κ1) is 26.2. The van der Waals surface area contributed by atoms with Crippen molar-refractivity contribution >= 4 is 29.0 Å². The summed E-state index contributed by atoms with van der Waals surface area (Å²) in [4.78, 5) is 3.34. The molecule has 2 aromatic heterocycles. The smallest absolute Gasteiger partial charge is 0.175 e. The third-order valence-electron chi connectivity index (χ3n) is 6.09. The summed E-state index contributed by atoms with van der Waals surface area (Å²) < 4.78 is 1.62. The first-order valence-corrected chi connectivity index (χ1v) is 14.3. The van der Waals surface area contributed by atoms with Crippen molar-refractivity contribution < 1.29 is 0 Å². The van der Waals surface area contributed by atoms with Crippen LogP contribution in [0, 0.1) is 0 Å². The van der Waals surface area contributed by atoms with Crippen LogP contribution in [0.15, 0.2) is 24.3 Å². The van der Waals surface area contributed by atoms with Gasteiger partial charge in [0.05, 0.1) is 5.69 Å². The van der Waals surface area contributed by atoms with Crippen LogP contribution in [0.25, 0.3) is 17.0 Å². The number of nitrogens with one attached hydrogen (secondary N) is 1. The molecule has 0 unspecified atom stereocenters. The molecule has 0 radical (unpaired) electrons. The molecule has 0 aliphatic heterocycles. The highest BCUT2D eigenvalue weighted by atomic mass is 35.5. The average Bonchev–Trinajstić information content (AvgIpc) is 3.34. The standard InChI is InChI=1S/C27H41ClN4S/c1-5-6-7-8-9-10-11-12-13-14-19-33-20-21-15-17-22(18-16-21)25-29-26-23(28)24(27(2,3)4)30-32(26)31-25/h15-18H,5-14,19-20H2,1-4H3,(H,29,31). The molecule has 0 bridgehead atoms. The molecule has 2 heterocycles. The lowest BCUT2D eigenvalue weighted by Crippen LogP contribution is -2.12. The Morgan fingerprint density at radius 3 is 2.06 bits per heavy atom. The Morgan fingerprint density at radius 2 is 1.48 bits per heavy atom. The molecule has 33 heavy (non-hydrogen) atoms. The Bertz CT molecular complexity index is 969. The molecule has 0 aliphatic rings. The number of benzene rings is 1. The molecule has 0 atom stereocenters. The summed E-state index contributed by atoms with van der Waals surface area (Å²) in [6.07, 6.45) is 14.0. The first-order chi connectivity index (χ1) is 15.9. The second-order valence-electron chi connectivity index (χ2n) is 10.2. The molecule has 0 saturated heterocycles. The van der Waals surface area contributed by atoms with Crippen LogP contribution in [0.4, 0.5) is 0 Å². The van der Waals surface area contributed by atoms with E-state index in [4.69, 9.17) is 11.6 Å². The van der Waals surface area contributed by atoms with Gasteiger partial charge in [0.15, 0.2) is 11.5 Å². The predicted molar refractivity (Wildman–Crippen MR) is 144 cm³/mol. The van der Waals surface area contributed by atoms with E-state index in [2.05, 4.69) is 67.1 Å². The molecule has 1 aromatic carbocycles. The van der Waals surface area contributed by atoms with E-state index >= 15 is 0 Å². The number of unbranched alkanes of at least 4 members (excludes halogenated alkanes) is 9. The fraction of sp³-hybridized carbons (Fsp3) is 0.630. The van der Waals surface area contributed by atoms with Crippen molar-refractivity contribution in [2.45, 2.75) is 103 Å². The third-order valence-corrected chi connectivity index (χ3v) is 7.56. The minimum atomic E-state index is -0.112. The number of aromatic nitrogens is 4. The summed E-state index contributed by atoms with van der Waals surface area (Å²) in [5.74, 6) is 3.12. The highest BCUT2D eigenvalue weighted by Gasteiger charge is 2.25. The van der Waals surface area contributed by atoms with Gasteiger partial charge >= 0.3 is 0 Å². The number of thioether (sulfide) groups is 1. The molecule has 182 valence electrons. The fourth-order valence-corrected chi connectivity index (χ4v) is 5.47. The fourth-order valence-electron chi connectivity index (χ4n) is 4.05. The summed E-state index contributed by atoms with van der Waals surface area (Å²) in [5, 5.41) is 9.84. The highest BCUT2D eigenvalue weighted by molar-refractivity contribution is 7.98. The molecule has 0 fully saturated rings. The molecule has 3 rings (SSSR count). The molecule has 1 N–H and O–H groups in total. The van der Waals surface area contributed by atoms with Gasteiger partial charge in [0, 0.05) is 16.7 Å². The van der Waals surface area contributed by atoms with Gasteiger partial charge in [-0.15, -0.1) is 9.73 Å². The van der Waals surface area contributed by atoms with Crippen LogP contribution in [0.5, 0.6) is 0 Å². The molecule has 0 saturated carbocycles. The van der Waals surface area contributed by atoms with Gasteiger partial charge in [0.2, 0.25) is 0 Å². The average molecular weight is 489 g/mol. The van der Waals surface area contributed by atoms with Crippen molar-refractivity contribution in [3.8, 4) is 11.4 Å². The lowest BCUT2D eigenvalue weighted by molar-refractivity contribution is 0.557. The molecule has 0 amide bonds. The van der Waals surface area contributed by atoms with Gasteiger partial charge in [-0.1, -0.05) is 121 Å². The maximum absolute atomic E-state index is 6.55. The van der Waals surface area contributed by atoms with E-state index in [-0.39, 0.29) is 5.41 Å². The number of fused-ring (bicyclic) bond motifs is 1. The molecule has 0 aliphatic carbocycles. The van der Waals surface area contributed by atoms with Crippen molar-refractivity contribution in [2.75, 3.05) is 5.75 Å². The van der Waals surface area contributed by atoms with Gasteiger partial charge in [-0.3, -0.25) is 0 Å². The van der Waals surface area contributed by atoms with Crippen LogP contribution in [0.1, 0.15) is 103 Å². The van der Waals surface area contributed by atoms with Crippen LogP contribution in [0.3, 0.4) is 0 Å². The Balaban J connectivity index is 1.36. The molecular formula is C27H41ClN4S. The highest BCUT2D eigenvalue weighted by Crippen LogP contribution is 2.32. The topological polar surface area (TPSA) is 46.0 Å². The van der Waals surface area contributed by atoms with E-state index in [1.807, 2.05) is 11.8 Å². The Hall–Kier alpha value is -1.46. The largest absolute Gasteiger partial charge is 0.320 e. The summed E-state index contributed by atoms with van der Waals surface area (Å²) in [7, 11) is 0. The van der Waals surface area contributed by atoms with Crippen molar-refractivity contribution in [1.82, 2.24) is 19.8 Å². The lowest BCUT2D eigenvalue weighted by atomic mass is 9.92. The third kappa shape index (κ3) is 7.78. The van der Waals surface area contributed by atoms with E-state index in [9.17, 15) is 0 Å². The van der Waals surface area contributed by atoms with Gasteiger partial charge in [-0.25, -0.2) is 0 Å². The molecule has 3 aromatic rings. The second-order valence-corrected chi connectivity index (χ2v) is 11.6. The van der Waals surface area contributed by atoms with Gasteiger partial charge in [0.25, 0.3) is 0 Å². The molecule has 4 nitrogen and oxygen atoms in total. The minimum absolute atomic E-state index is 0.112.